The van der Waals surface area contributed by atoms with Crippen molar-refractivity contribution in [1.82, 2.24) is 5.32 Å². The maximum absolute atomic E-state index is 11.1. The van der Waals surface area contributed by atoms with Crippen LogP contribution in [0.4, 0.5) is 0 Å². The summed E-state index contributed by atoms with van der Waals surface area (Å²) < 4.78 is 0. The third kappa shape index (κ3) is 5.99. The molecule has 1 atom stereocenters. The molecule has 1 aromatic rings. The van der Waals surface area contributed by atoms with Gasteiger partial charge in [0.05, 0.1) is 0 Å². The fourth-order valence-corrected chi connectivity index (χ4v) is 3.60. The van der Waals surface area contributed by atoms with Crippen LogP contribution in [0.25, 0.3) is 0 Å². The fourth-order valence-electron chi connectivity index (χ4n) is 3.60. The van der Waals surface area contributed by atoms with Gasteiger partial charge >= 0.3 is 5.97 Å². The molecule has 2 N–H and O–H groups in total. The zero-order valence-electron chi connectivity index (χ0n) is 14.4. The first-order chi connectivity index (χ1) is 11.7. The SMILES string of the molecule is O=CNC(Cc1ccc(C2CCCCCCCCC2)cc1)C(=O)O. The Morgan fingerprint density at radius 2 is 1.58 bits per heavy atom. The van der Waals surface area contributed by atoms with Crippen LogP contribution in [-0.4, -0.2) is 23.5 Å². The zero-order chi connectivity index (χ0) is 17.2. The second-order valence-corrected chi connectivity index (χ2v) is 6.87. The van der Waals surface area contributed by atoms with Crippen LogP contribution < -0.4 is 5.32 Å². The van der Waals surface area contributed by atoms with E-state index >= 15 is 0 Å². The summed E-state index contributed by atoms with van der Waals surface area (Å²) in [5.41, 5.74) is 2.31. The predicted molar refractivity (Wildman–Crippen MR) is 95.1 cm³/mol. The van der Waals surface area contributed by atoms with E-state index in [1.807, 2.05) is 12.1 Å². The number of hydrogen-bond donors (Lipinski definition) is 2. The topological polar surface area (TPSA) is 66.4 Å². The molecule has 1 fully saturated rings. The third-order valence-electron chi connectivity index (χ3n) is 5.06. The van der Waals surface area contributed by atoms with Crippen molar-refractivity contribution in [1.29, 1.82) is 0 Å². The Labute approximate surface area is 144 Å². The monoisotopic (exact) mass is 331 g/mol. The van der Waals surface area contributed by atoms with Crippen LogP contribution in [0.5, 0.6) is 0 Å². The minimum Gasteiger partial charge on any atom is -0.480 e. The quantitative estimate of drug-likeness (QED) is 0.773. The molecule has 0 spiro atoms. The van der Waals surface area contributed by atoms with E-state index in [-0.39, 0.29) is 0 Å². The van der Waals surface area contributed by atoms with Gasteiger partial charge in [0.1, 0.15) is 6.04 Å². The smallest absolute Gasteiger partial charge is 0.326 e. The molecule has 1 aliphatic rings. The number of nitrogens with one attached hydrogen (secondary N) is 1. The van der Waals surface area contributed by atoms with Gasteiger partial charge in [0, 0.05) is 6.42 Å². The van der Waals surface area contributed by atoms with Crippen LogP contribution in [0, 0.1) is 0 Å². The minimum absolute atomic E-state index is 0.318. The highest BCUT2D eigenvalue weighted by Crippen LogP contribution is 2.30. The van der Waals surface area contributed by atoms with Crippen molar-refractivity contribution in [2.45, 2.75) is 76.2 Å². The molecule has 1 aromatic carbocycles. The van der Waals surface area contributed by atoms with Gasteiger partial charge in [0.15, 0.2) is 0 Å². The fraction of sp³-hybridized carbons (Fsp3) is 0.600. The zero-order valence-corrected chi connectivity index (χ0v) is 14.4. The number of aliphatic carboxylic acids is 1. The van der Waals surface area contributed by atoms with Gasteiger partial charge in [0.2, 0.25) is 6.41 Å². The second kappa shape index (κ2) is 10.1. The molecule has 4 nitrogen and oxygen atoms in total. The van der Waals surface area contributed by atoms with Crippen LogP contribution >= 0.6 is 0 Å². The van der Waals surface area contributed by atoms with Gasteiger partial charge in [0.25, 0.3) is 0 Å². The summed E-state index contributed by atoms with van der Waals surface area (Å²) in [7, 11) is 0. The summed E-state index contributed by atoms with van der Waals surface area (Å²) in [6.45, 7) is 0. The molecule has 1 saturated carbocycles. The molecular formula is C20H29NO3. The van der Waals surface area contributed by atoms with Crippen molar-refractivity contribution in [2.24, 2.45) is 0 Å². The average molecular weight is 331 g/mol. The first-order valence-corrected chi connectivity index (χ1v) is 9.22. The van der Waals surface area contributed by atoms with Crippen LogP contribution in [0.1, 0.15) is 74.8 Å². The van der Waals surface area contributed by atoms with E-state index in [9.17, 15) is 9.59 Å². The highest BCUT2D eigenvalue weighted by molar-refractivity contribution is 5.76. The van der Waals surface area contributed by atoms with E-state index in [2.05, 4.69) is 17.4 Å². The molecule has 0 bridgehead atoms. The lowest BCUT2D eigenvalue weighted by Gasteiger charge is -2.19. The molecule has 0 radical (unpaired) electrons. The van der Waals surface area contributed by atoms with Crippen molar-refractivity contribution in [3.63, 3.8) is 0 Å². The van der Waals surface area contributed by atoms with E-state index in [0.29, 0.717) is 18.7 Å². The van der Waals surface area contributed by atoms with Crippen LogP contribution in [-0.2, 0) is 16.0 Å². The predicted octanol–water partition coefficient (Wildman–Crippen LogP) is 4.04. The number of carboxylic acid groups (broad SMARTS) is 1. The Morgan fingerprint density at radius 3 is 2.08 bits per heavy atom. The van der Waals surface area contributed by atoms with Gasteiger partial charge in [-0.1, -0.05) is 69.2 Å². The Kier molecular flexibility index (Phi) is 7.80. The number of carbonyl (C=O) groups is 2. The Morgan fingerprint density at radius 1 is 1.04 bits per heavy atom. The maximum atomic E-state index is 11.1. The molecule has 0 saturated heterocycles. The highest BCUT2D eigenvalue weighted by atomic mass is 16.4. The number of benzene rings is 1. The molecular weight excluding hydrogens is 302 g/mol. The van der Waals surface area contributed by atoms with Gasteiger partial charge < -0.3 is 10.4 Å². The lowest BCUT2D eigenvalue weighted by atomic mass is 9.86. The van der Waals surface area contributed by atoms with Crippen LogP contribution in [0.15, 0.2) is 24.3 Å². The molecule has 24 heavy (non-hydrogen) atoms. The Hall–Kier alpha value is -1.84. The van der Waals surface area contributed by atoms with E-state index in [1.54, 1.807) is 0 Å². The summed E-state index contributed by atoms with van der Waals surface area (Å²) in [6.07, 6.45) is 12.7. The van der Waals surface area contributed by atoms with E-state index < -0.39 is 12.0 Å². The molecule has 1 amide bonds. The van der Waals surface area contributed by atoms with Gasteiger partial charge in [-0.2, -0.15) is 0 Å². The van der Waals surface area contributed by atoms with Gasteiger partial charge in [-0.15, -0.1) is 0 Å². The van der Waals surface area contributed by atoms with E-state index in [0.717, 1.165) is 5.56 Å². The molecule has 0 aliphatic heterocycles. The summed E-state index contributed by atoms with van der Waals surface area (Å²) in [6, 6.07) is 7.45. The number of carbonyl (C=O) groups excluding carboxylic acids is 1. The van der Waals surface area contributed by atoms with Crippen molar-refractivity contribution in [3.05, 3.63) is 35.4 Å². The summed E-state index contributed by atoms with van der Waals surface area (Å²) in [4.78, 5) is 21.6. The van der Waals surface area contributed by atoms with Crippen molar-refractivity contribution >= 4 is 12.4 Å². The summed E-state index contributed by atoms with van der Waals surface area (Å²) in [5.74, 6) is -0.376. The lowest BCUT2D eigenvalue weighted by Crippen LogP contribution is -2.37. The molecule has 1 aliphatic carbocycles. The Balaban J connectivity index is 1.98. The third-order valence-corrected chi connectivity index (χ3v) is 5.06. The minimum atomic E-state index is -1.00. The van der Waals surface area contributed by atoms with E-state index in [4.69, 9.17) is 5.11 Å². The number of rotatable bonds is 6. The van der Waals surface area contributed by atoms with Crippen molar-refractivity contribution in [3.8, 4) is 0 Å². The summed E-state index contributed by atoms with van der Waals surface area (Å²) in [5, 5.41) is 11.5. The largest absolute Gasteiger partial charge is 0.480 e. The lowest BCUT2D eigenvalue weighted by molar-refractivity contribution is -0.140. The van der Waals surface area contributed by atoms with Crippen molar-refractivity contribution < 1.29 is 14.7 Å². The Bertz CT molecular complexity index is 502. The normalized spacial score (nSPS) is 18.5. The van der Waals surface area contributed by atoms with Crippen LogP contribution in [0.3, 0.4) is 0 Å². The number of carboxylic acids is 1. The number of amides is 1. The second-order valence-electron chi connectivity index (χ2n) is 6.87. The average Bonchev–Trinajstić information content (AvgIpc) is 2.60. The summed E-state index contributed by atoms with van der Waals surface area (Å²) >= 11 is 0. The first kappa shape index (κ1) is 18.5. The first-order valence-electron chi connectivity index (χ1n) is 9.22. The molecule has 0 aromatic heterocycles. The maximum Gasteiger partial charge on any atom is 0.326 e. The molecule has 4 heteroatoms. The molecule has 1 unspecified atom stereocenters. The molecule has 2 rings (SSSR count). The molecule has 0 heterocycles. The van der Waals surface area contributed by atoms with Crippen LogP contribution in [0.2, 0.25) is 0 Å². The highest BCUT2D eigenvalue weighted by Gasteiger charge is 2.17. The van der Waals surface area contributed by atoms with Gasteiger partial charge in [-0.3, -0.25) is 4.79 Å². The number of hydrogen-bond acceptors (Lipinski definition) is 2. The standard InChI is InChI=1S/C20H29NO3/c22-15-21-19(20(23)24)14-16-10-12-18(13-11-16)17-8-6-4-2-1-3-5-7-9-17/h10-13,15,17,19H,1-9,14H2,(H,21,22)(H,23,24). The van der Waals surface area contributed by atoms with E-state index in [1.165, 1.54) is 63.4 Å². The molecule has 132 valence electrons. The van der Waals surface area contributed by atoms with Crippen molar-refractivity contribution in [2.75, 3.05) is 0 Å². The van der Waals surface area contributed by atoms with Gasteiger partial charge in [-0.05, 0) is 29.9 Å². The van der Waals surface area contributed by atoms with Gasteiger partial charge in [-0.25, -0.2) is 4.79 Å².